The van der Waals surface area contributed by atoms with Crippen LogP contribution in [0.2, 0.25) is 0 Å². The average Bonchev–Trinajstić information content (AvgIpc) is 3.25. The Morgan fingerprint density at radius 1 is 0.508 bits per heavy atom. The van der Waals surface area contributed by atoms with Crippen LogP contribution in [0.25, 0.3) is 0 Å². The Kier molecular flexibility index (Phi) is 45.4. The van der Waals surface area contributed by atoms with Crippen LogP contribution < -0.4 is 5.73 Å². The second kappa shape index (κ2) is 47.2. The second-order valence-corrected chi connectivity index (χ2v) is 17.8. The van der Waals surface area contributed by atoms with Gasteiger partial charge >= 0.3 is 19.8 Å². The van der Waals surface area contributed by atoms with E-state index in [0.29, 0.717) is 6.42 Å². The van der Waals surface area contributed by atoms with Gasteiger partial charge in [-0.15, -0.1) is 0 Å². The first kappa shape index (κ1) is 58.7. The van der Waals surface area contributed by atoms with Crippen LogP contribution >= 0.6 is 7.82 Å². The van der Waals surface area contributed by atoms with Gasteiger partial charge in [0.25, 0.3) is 0 Å². The molecule has 0 aromatic heterocycles. The highest BCUT2D eigenvalue weighted by molar-refractivity contribution is 7.47. The summed E-state index contributed by atoms with van der Waals surface area (Å²) in [5.41, 5.74) is 5.36. The van der Waals surface area contributed by atoms with Gasteiger partial charge in [0.2, 0.25) is 0 Å². The van der Waals surface area contributed by atoms with Crippen molar-refractivity contribution in [1.82, 2.24) is 0 Å². The molecule has 0 aromatic carbocycles. The lowest BCUT2D eigenvalue weighted by molar-refractivity contribution is -0.161. The summed E-state index contributed by atoms with van der Waals surface area (Å²) >= 11 is 0. The van der Waals surface area contributed by atoms with Crippen molar-refractivity contribution in [3.8, 4) is 0 Å². The average molecular weight is 878 g/mol. The fourth-order valence-corrected chi connectivity index (χ4v) is 7.55. The van der Waals surface area contributed by atoms with E-state index in [1.54, 1.807) is 0 Å². The molecule has 0 aliphatic rings. The van der Waals surface area contributed by atoms with Crippen molar-refractivity contribution >= 4 is 19.8 Å². The van der Waals surface area contributed by atoms with Gasteiger partial charge in [0, 0.05) is 19.4 Å². The van der Waals surface area contributed by atoms with Gasteiger partial charge < -0.3 is 20.1 Å². The van der Waals surface area contributed by atoms with Gasteiger partial charge in [-0.3, -0.25) is 18.6 Å². The van der Waals surface area contributed by atoms with Crippen molar-refractivity contribution in [1.29, 1.82) is 0 Å². The largest absolute Gasteiger partial charge is 0.472 e. The lowest BCUT2D eigenvalue weighted by Gasteiger charge is -2.19. The van der Waals surface area contributed by atoms with Crippen molar-refractivity contribution in [2.45, 2.75) is 225 Å². The molecule has 10 heteroatoms. The van der Waals surface area contributed by atoms with E-state index in [2.05, 4.69) is 74.6 Å². The molecule has 0 fully saturated rings. The fraction of sp³-hybridized carbons (Fsp3) is 0.765. The van der Waals surface area contributed by atoms with E-state index < -0.39 is 26.5 Å². The highest BCUT2D eigenvalue weighted by atomic mass is 31.2. The zero-order valence-electron chi connectivity index (χ0n) is 39.1. The predicted octanol–water partition coefficient (Wildman–Crippen LogP) is 14.8. The van der Waals surface area contributed by atoms with Crippen LogP contribution in [-0.2, 0) is 32.7 Å². The second-order valence-electron chi connectivity index (χ2n) is 16.3. The standard InChI is InChI=1S/C51H92NO8P/c1-3-5-7-9-11-13-15-17-19-21-23-24-26-27-29-31-33-35-37-39-41-43-50(53)57-47-49(48-59-61(55,56)58-46-45-52)60-51(54)44-42-40-38-36-34-32-30-28-25-22-20-18-16-14-12-10-8-6-4-2/h6,8,12,14,18,20,25,28,32,34,49H,3-5,7,9-11,13,15-17,19,21-24,26-27,29-31,33,35-48,52H2,1-2H3,(H,55,56)/b8-6-,14-12-,20-18-,28-25-,34-32-/t49-/m1/s1. The third kappa shape index (κ3) is 47.0. The molecule has 1 unspecified atom stereocenters. The van der Waals surface area contributed by atoms with E-state index in [1.807, 2.05) is 0 Å². The summed E-state index contributed by atoms with van der Waals surface area (Å²) in [7, 11) is -4.39. The molecule has 0 radical (unpaired) electrons. The Bertz CT molecular complexity index is 1180. The maximum atomic E-state index is 12.6. The number of rotatable bonds is 46. The van der Waals surface area contributed by atoms with E-state index in [4.69, 9.17) is 24.3 Å². The van der Waals surface area contributed by atoms with E-state index in [1.165, 1.54) is 116 Å². The number of phosphoric acid groups is 1. The van der Waals surface area contributed by atoms with Gasteiger partial charge in [-0.25, -0.2) is 4.57 Å². The fourth-order valence-electron chi connectivity index (χ4n) is 6.78. The molecular weight excluding hydrogens is 786 g/mol. The molecule has 0 aliphatic heterocycles. The summed E-state index contributed by atoms with van der Waals surface area (Å²) in [6.45, 7) is 3.60. The first-order valence-electron chi connectivity index (χ1n) is 24.8. The minimum atomic E-state index is -4.39. The molecule has 3 N–H and O–H groups in total. The zero-order chi connectivity index (χ0) is 44.6. The number of allylic oxidation sites excluding steroid dienone is 10. The maximum Gasteiger partial charge on any atom is 0.472 e. The molecule has 0 bridgehead atoms. The predicted molar refractivity (Wildman–Crippen MR) is 256 cm³/mol. The number of carbonyl (C=O) groups is 2. The smallest absolute Gasteiger partial charge is 0.462 e. The van der Waals surface area contributed by atoms with E-state index in [0.717, 1.165) is 70.6 Å². The zero-order valence-corrected chi connectivity index (χ0v) is 40.0. The van der Waals surface area contributed by atoms with E-state index in [9.17, 15) is 19.0 Å². The Morgan fingerprint density at radius 3 is 1.34 bits per heavy atom. The number of esters is 2. The van der Waals surface area contributed by atoms with Crippen LogP contribution in [0.15, 0.2) is 60.8 Å². The summed E-state index contributed by atoms with van der Waals surface area (Å²) in [4.78, 5) is 35.0. The third-order valence-electron chi connectivity index (χ3n) is 10.4. The number of hydrogen-bond acceptors (Lipinski definition) is 8. The lowest BCUT2D eigenvalue weighted by atomic mass is 10.0. The van der Waals surface area contributed by atoms with Gasteiger partial charge in [-0.05, 0) is 57.8 Å². The highest BCUT2D eigenvalue weighted by Crippen LogP contribution is 2.43. The molecule has 354 valence electrons. The monoisotopic (exact) mass is 878 g/mol. The van der Waals surface area contributed by atoms with Crippen LogP contribution in [0.3, 0.4) is 0 Å². The van der Waals surface area contributed by atoms with Crippen molar-refractivity contribution in [3.05, 3.63) is 60.8 Å². The van der Waals surface area contributed by atoms with Crippen molar-refractivity contribution in [2.24, 2.45) is 5.73 Å². The molecule has 9 nitrogen and oxygen atoms in total. The summed E-state index contributed by atoms with van der Waals surface area (Å²) in [5, 5.41) is 0. The number of ether oxygens (including phenoxy) is 2. The Morgan fingerprint density at radius 2 is 0.902 bits per heavy atom. The topological polar surface area (TPSA) is 134 Å². The first-order chi connectivity index (χ1) is 29.8. The molecule has 2 atom stereocenters. The number of nitrogens with two attached hydrogens (primary N) is 1. The van der Waals surface area contributed by atoms with Gasteiger partial charge in [0.05, 0.1) is 13.2 Å². The molecule has 0 aliphatic carbocycles. The van der Waals surface area contributed by atoms with Crippen LogP contribution in [0.4, 0.5) is 0 Å². The minimum Gasteiger partial charge on any atom is -0.462 e. The maximum absolute atomic E-state index is 12.6. The normalized spacial score (nSPS) is 13.7. The molecule has 0 saturated heterocycles. The molecule has 0 spiro atoms. The summed E-state index contributed by atoms with van der Waals surface area (Å²) in [6, 6.07) is 0. The SMILES string of the molecule is CC/C=C\C/C=C\C/C=C\C/C=C\C/C=C\CCCCCC(=O)O[C@H](COC(=O)CCCCCCCCCCCCCCCCCCCCCCC)COP(=O)(O)OCCN. The van der Waals surface area contributed by atoms with Crippen molar-refractivity contribution < 1.29 is 37.6 Å². The molecule has 0 saturated carbocycles. The van der Waals surface area contributed by atoms with Gasteiger partial charge in [0.15, 0.2) is 6.10 Å². The van der Waals surface area contributed by atoms with Crippen LogP contribution in [0.1, 0.15) is 219 Å². The van der Waals surface area contributed by atoms with E-state index >= 15 is 0 Å². The quantitative estimate of drug-likeness (QED) is 0.0265. The number of unbranched alkanes of at least 4 members (excludes halogenated alkanes) is 23. The van der Waals surface area contributed by atoms with Crippen LogP contribution in [-0.4, -0.2) is 49.3 Å². The molecule has 0 rings (SSSR count). The highest BCUT2D eigenvalue weighted by Gasteiger charge is 2.26. The lowest BCUT2D eigenvalue weighted by Crippen LogP contribution is -2.29. The number of carbonyl (C=O) groups excluding carboxylic acids is 2. The van der Waals surface area contributed by atoms with Crippen LogP contribution in [0.5, 0.6) is 0 Å². The minimum absolute atomic E-state index is 0.0462. The van der Waals surface area contributed by atoms with Gasteiger partial charge in [-0.1, -0.05) is 209 Å². The molecule has 0 amide bonds. The van der Waals surface area contributed by atoms with E-state index in [-0.39, 0.29) is 38.6 Å². The van der Waals surface area contributed by atoms with Crippen molar-refractivity contribution in [3.63, 3.8) is 0 Å². The number of phosphoric ester groups is 1. The van der Waals surface area contributed by atoms with Crippen LogP contribution in [0, 0.1) is 0 Å². The third-order valence-corrected chi connectivity index (χ3v) is 11.4. The molecule has 0 heterocycles. The summed E-state index contributed by atoms with van der Waals surface area (Å²) in [5.74, 6) is -0.861. The first-order valence-corrected chi connectivity index (χ1v) is 26.3. The molecule has 61 heavy (non-hydrogen) atoms. The Hall–Kier alpha value is -2.29. The molecular formula is C51H92NO8P. The van der Waals surface area contributed by atoms with Crippen molar-refractivity contribution in [2.75, 3.05) is 26.4 Å². The Labute approximate surface area is 374 Å². The summed E-state index contributed by atoms with van der Waals surface area (Å²) in [6.07, 6.45) is 56.9. The molecule has 0 aromatic rings. The van der Waals surface area contributed by atoms with Gasteiger partial charge in [-0.2, -0.15) is 0 Å². The Balaban J connectivity index is 4.11. The summed E-state index contributed by atoms with van der Waals surface area (Å²) < 4.78 is 32.9. The van der Waals surface area contributed by atoms with Gasteiger partial charge in [0.1, 0.15) is 6.61 Å². The number of hydrogen-bond donors (Lipinski definition) is 2.